The van der Waals surface area contributed by atoms with Crippen molar-refractivity contribution in [3.63, 3.8) is 0 Å². The fraction of sp³-hybridized carbons (Fsp3) is 0.312. The fourth-order valence-electron chi connectivity index (χ4n) is 4.46. The van der Waals surface area contributed by atoms with Crippen LogP contribution in [0.15, 0.2) is 72.8 Å². The first-order valence-corrected chi connectivity index (χ1v) is 13.3. The van der Waals surface area contributed by atoms with Gasteiger partial charge in [-0.15, -0.1) is 0 Å². The number of ether oxygens (including phenoxy) is 3. The zero-order chi connectivity index (χ0) is 29.8. The van der Waals surface area contributed by atoms with E-state index in [-0.39, 0.29) is 37.6 Å². The Bertz CT molecular complexity index is 1530. The highest BCUT2D eigenvalue weighted by Gasteiger charge is 2.34. The van der Waals surface area contributed by atoms with E-state index in [9.17, 15) is 22.8 Å². The molecular weight excluding hydrogens is 535 g/mol. The van der Waals surface area contributed by atoms with Crippen molar-refractivity contribution in [2.75, 3.05) is 6.61 Å². The van der Waals surface area contributed by atoms with Crippen molar-refractivity contribution >= 4 is 23.0 Å². The molecule has 1 aromatic heterocycles. The van der Waals surface area contributed by atoms with E-state index in [1.165, 1.54) is 10.6 Å². The minimum atomic E-state index is -4.54. The highest BCUT2D eigenvalue weighted by atomic mass is 19.4. The lowest BCUT2D eigenvalue weighted by molar-refractivity contribution is -0.143. The molecule has 0 radical (unpaired) electrons. The van der Waals surface area contributed by atoms with E-state index in [4.69, 9.17) is 14.2 Å². The molecule has 3 aromatic carbocycles. The topological polar surface area (TPSA) is 66.8 Å². The summed E-state index contributed by atoms with van der Waals surface area (Å²) in [7, 11) is 0. The third-order valence-electron chi connectivity index (χ3n) is 6.20. The van der Waals surface area contributed by atoms with Gasteiger partial charge in [0, 0.05) is 11.1 Å². The highest BCUT2D eigenvalue weighted by molar-refractivity contribution is 5.92. The van der Waals surface area contributed by atoms with Crippen molar-refractivity contribution in [1.29, 1.82) is 0 Å². The molecule has 0 aliphatic carbocycles. The molecule has 0 atom stereocenters. The van der Waals surface area contributed by atoms with Crippen LogP contribution in [0.25, 0.3) is 22.0 Å². The van der Waals surface area contributed by atoms with Crippen LogP contribution in [-0.4, -0.2) is 28.8 Å². The van der Waals surface area contributed by atoms with Crippen molar-refractivity contribution in [3.8, 4) is 16.9 Å². The van der Waals surface area contributed by atoms with E-state index < -0.39 is 23.4 Å². The Morgan fingerprint density at radius 3 is 2.29 bits per heavy atom. The first kappa shape index (κ1) is 29.7. The zero-order valence-corrected chi connectivity index (χ0v) is 23.4. The second-order valence-corrected chi connectivity index (χ2v) is 10.5. The van der Waals surface area contributed by atoms with Crippen molar-refractivity contribution in [1.82, 2.24) is 4.57 Å². The number of halogens is 3. The SMILES string of the molecule is CCOC(=O)CCc1cc2cc(OCc3ccc(-c4ccccc4)c(C(F)(F)F)c3)ccc2n1C(=O)OC(C)(C)C. The van der Waals surface area contributed by atoms with Crippen molar-refractivity contribution in [2.24, 2.45) is 0 Å². The summed E-state index contributed by atoms with van der Waals surface area (Å²) in [5.74, 6) is 0.0329. The Balaban J connectivity index is 1.60. The number of carbonyl (C=O) groups excluding carboxylic acids is 2. The number of benzene rings is 3. The molecule has 6 nitrogen and oxygen atoms in total. The molecule has 0 amide bonds. The Morgan fingerprint density at radius 1 is 0.902 bits per heavy atom. The summed E-state index contributed by atoms with van der Waals surface area (Å²) in [6.45, 7) is 7.17. The maximum absolute atomic E-state index is 13.9. The van der Waals surface area contributed by atoms with Gasteiger partial charge in [-0.3, -0.25) is 4.79 Å². The molecule has 9 heteroatoms. The van der Waals surface area contributed by atoms with Crippen LogP contribution in [0.1, 0.15) is 50.9 Å². The van der Waals surface area contributed by atoms with E-state index >= 15 is 0 Å². The van der Waals surface area contributed by atoms with Crippen molar-refractivity contribution in [2.45, 2.75) is 58.9 Å². The lowest BCUT2D eigenvalue weighted by Gasteiger charge is -2.21. The third kappa shape index (κ3) is 7.48. The third-order valence-corrected chi connectivity index (χ3v) is 6.20. The number of carbonyl (C=O) groups is 2. The normalized spacial score (nSPS) is 11.9. The molecule has 0 spiro atoms. The summed E-state index contributed by atoms with van der Waals surface area (Å²) in [6.07, 6.45) is -4.79. The van der Waals surface area contributed by atoms with Crippen LogP contribution in [0.3, 0.4) is 0 Å². The van der Waals surface area contributed by atoms with Crippen LogP contribution in [0.5, 0.6) is 5.75 Å². The lowest BCUT2D eigenvalue weighted by Crippen LogP contribution is -2.28. The molecule has 0 saturated carbocycles. The predicted molar refractivity (Wildman–Crippen MR) is 150 cm³/mol. The van der Waals surface area contributed by atoms with E-state index in [0.29, 0.717) is 33.5 Å². The van der Waals surface area contributed by atoms with Crippen LogP contribution in [-0.2, 0) is 33.5 Å². The quantitative estimate of drug-likeness (QED) is 0.201. The summed E-state index contributed by atoms with van der Waals surface area (Å²) in [5, 5.41) is 0.655. The van der Waals surface area contributed by atoms with Gasteiger partial charge in [0.15, 0.2) is 0 Å². The Kier molecular flexibility index (Phi) is 8.75. The molecular formula is C32H32F3NO5. The van der Waals surface area contributed by atoms with Gasteiger partial charge < -0.3 is 14.2 Å². The second kappa shape index (κ2) is 12.1. The molecule has 1 heterocycles. The number of aromatic nitrogens is 1. The molecule has 0 fully saturated rings. The standard InChI is InChI=1S/C32H32F3NO5/c1-5-39-29(37)16-12-24-18-23-19-25(13-15-28(23)36(24)30(38)41-31(2,3)4)40-20-21-11-14-26(22-9-7-6-8-10-22)27(17-21)32(33,34)35/h6-11,13-15,17-19H,5,12,16,20H2,1-4H3. The number of rotatable bonds is 8. The highest BCUT2D eigenvalue weighted by Crippen LogP contribution is 2.38. The van der Waals surface area contributed by atoms with Gasteiger partial charge in [0.2, 0.25) is 0 Å². The molecule has 4 rings (SSSR count). The number of hydrogen-bond acceptors (Lipinski definition) is 5. The van der Waals surface area contributed by atoms with E-state index in [0.717, 1.165) is 6.07 Å². The molecule has 216 valence electrons. The first-order chi connectivity index (χ1) is 19.4. The van der Waals surface area contributed by atoms with Crippen LogP contribution in [0.2, 0.25) is 0 Å². The number of alkyl halides is 3. The van der Waals surface area contributed by atoms with Gasteiger partial charge in [-0.1, -0.05) is 42.5 Å². The van der Waals surface area contributed by atoms with Gasteiger partial charge in [0.05, 0.1) is 24.1 Å². The maximum Gasteiger partial charge on any atom is 0.419 e. The molecule has 0 N–H and O–H groups in total. The number of nitrogens with zero attached hydrogens (tertiary/aromatic N) is 1. The van der Waals surface area contributed by atoms with E-state index in [1.807, 2.05) is 0 Å². The van der Waals surface area contributed by atoms with Crippen LogP contribution in [0, 0.1) is 0 Å². The van der Waals surface area contributed by atoms with Gasteiger partial charge >= 0.3 is 18.2 Å². The van der Waals surface area contributed by atoms with Gasteiger partial charge in [-0.05, 0) is 81.1 Å². The monoisotopic (exact) mass is 567 g/mol. The summed E-state index contributed by atoms with van der Waals surface area (Å²) in [6, 6.07) is 19.4. The number of aryl methyl sites for hydroxylation is 1. The Hall–Kier alpha value is -4.27. The number of fused-ring (bicyclic) bond motifs is 1. The Morgan fingerprint density at radius 2 is 1.63 bits per heavy atom. The smallest absolute Gasteiger partial charge is 0.419 e. The summed E-state index contributed by atoms with van der Waals surface area (Å²) in [4.78, 5) is 25.0. The average Bonchev–Trinajstić information content (AvgIpc) is 3.28. The molecule has 41 heavy (non-hydrogen) atoms. The van der Waals surface area contributed by atoms with Crippen molar-refractivity contribution < 1.29 is 37.0 Å². The van der Waals surface area contributed by atoms with Crippen LogP contribution in [0.4, 0.5) is 18.0 Å². The van der Waals surface area contributed by atoms with Gasteiger partial charge in [0.1, 0.15) is 18.0 Å². The zero-order valence-electron chi connectivity index (χ0n) is 23.4. The first-order valence-electron chi connectivity index (χ1n) is 13.3. The van der Waals surface area contributed by atoms with Crippen molar-refractivity contribution in [3.05, 3.63) is 89.6 Å². The Labute approximate surface area is 236 Å². The van der Waals surface area contributed by atoms with Gasteiger partial charge in [-0.2, -0.15) is 13.2 Å². The molecule has 0 bridgehead atoms. The van der Waals surface area contributed by atoms with Crippen LogP contribution >= 0.6 is 0 Å². The molecule has 0 aliphatic heterocycles. The predicted octanol–water partition coefficient (Wildman–Crippen LogP) is 8.19. The van der Waals surface area contributed by atoms with Gasteiger partial charge in [0.25, 0.3) is 0 Å². The molecule has 4 aromatic rings. The van der Waals surface area contributed by atoms with Gasteiger partial charge in [-0.25, -0.2) is 9.36 Å². The minimum Gasteiger partial charge on any atom is -0.489 e. The molecule has 0 unspecified atom stereocenters. The molecule has 0 saturated heterocycles. The number of esters is 1. The number of hydrogen-bond donors (Lipinski definition) is 0. The fourth-order valence-corrected chi connectivity index (χ4v) is 4.46. The summed E-state index contributed by atoms with van der Waals surface area (Å²) in [5.41, 5.74) is 0.580. The van der Waals surface area contributed by atoms with E-state index in [2.05, 4.69) is 0 Å². The van der Waals surface area contributed by atoms with E-state index in [1.54, 1.807) is 88.4 Å². The maximum atomic E-state index is 13.9. The minimum absolute atomic E-state index is 0.0802. The molecule has 0 aliphatic rings. The largest absolute Gasteiger partial charge is 0.489 e. The van der Waals surface area contributed by atoms with Crippen LogP contribution < -0.4 is 4.74 Å². The second-order valence-electron chi connectivity index (χ2n) is 10.5. The lowest BCUT2D eigenvalue weighted by atomic mass is 9.97. The summed E-state index contributed by atoms with van der Waals surface area (Å²) < 4.78 is 59.6. The summed E-state index contributed by atoms with van der Waals surface area (Å²) >= 11 is 0. The average molecular weight is 568 g/mol.